The Morgan fingerprint density at radius 1 is 1.10 bits per heavy atom. The molecular formula is C6H8F3I. The molecule has 0 radical (unpaired) electrons. The van der Waals surface area contributed by atoms with E-state index >= 15 is 0 Å². The lowest BCUT2D eigenvalue weighted by Crippen LogP contribution is -2.35. The van der Waals surface area contributed by atoms with Gasteiger partial charge in [-0.3, -0.25) is 0 Å². The van der Waals surface area contributed by atoms with E-state index in [-0.39, 0.29) is 0 Å². The van der Waals surface area contributed by atoms with Crippen LogP contribution in [0.25, 0.3) is 0 Å². The van der Waals surface area contributed by atoms with Crippen molar-refractivity contribution in [1.82, 2.24) is 0 Å². The SMILES string of the molecule is FC(F)(F)C1(I)CCCC1. The minimum Gasteiger partial charge on any atom is -0.170 e. The van der Waals surface area contributed by atoms with Crippen LogP contribution >= 0.6 is 22.6 Å². The number of hydrogen-bond acceptors (Lipinski definition) is 0. The molecule has 10 heavy (non-hydrogen) atoms. The highest BCUT2D eigenvalue weighted by molar-refractivity contribution is 14.1. The molecule has 1 aliphatic carbocycles. The highest BCUT2D eigenvalue weighted by Crippen LogP contribution is 2.49. The zero-order chi connectivity index (χ0) is 7.83. The molecule has 0 aromatic rings. The van der Waals surface area contributed by atoms with E-state index in [1.165, 1.54) is 0 Å². The first kappa shape index (κ1) is 8.62. The van der Waals surface area contributed by atoms with Crippen molar-refractivity contribution >= 4 is 22.6 Å². The van der Waals surface area contributed by atoms with Gasteiger partial charge in [0, 0.05) is 0 Å². The van der Waals surface area contributed by atoms with E-state index < -0.39 is 9.60 Å². The Hall–Kier alpha value is 0.520. The zero-order valence-corrected chi connectivity index (χ0v) is 7.50. The maximum atomic E-state index is 12.1. The quantitative estimate of drug-likeness (QED) is 0.465. The molecule has 0 aromatic carbocycles. The summed E-state index contributed by atoms with van der Waals surface area (Å²) in [7, 11) is 0. The largest absolute Gasteiger partial charge is 0.403 e. The number of alkyl halides is 4. The van der Waals surface area contributed by atoms with Crippen LogP contribution in [0.4, 0.5) is 13.2 Å². The van der Waals surface area contributed by atoms with Gasteiger partial charge in [-0.1, -0.05) is 35.4 Å². The summed E-state index contributed by atoms with van der Waals surface area (Å²) in [4.78, 5) is 0. The summed E-state index contributed by atoms with van der Waals surface area (Å²) in [5.41, 5.74) is 0. The first-order valence-electron chi connectivity index (χ1n) is 3.21. The van der Waals surface area contributed by atoms with Gasteiger partial charge >= 0.3 is 6.18 Å². The lowest BCUT2D eigenvalue weighted by molar-refractivity contribution is -0.152. The van der Waals surface area contributed by atoms with Gasteiger partial charge in [-0.15, -0.1) is 0 Å². The van der Waals surface area contributed by atoms with E-state index in [1.807, 2.05) is 0 Å². The molecule has 0 spiro atoms. The molecule has 1 fully saturated rings. The predicted molar refractivity (Wildman–Crippen MR) is 41.3 cm³/mol. The van der Waals surface area contributed by atoms with E-state index in [0.29, 0.717) is 12.8 Å². The third-order valence-electron chi connectivity index (χ3n) is 1.90. The molecule has 0 aliphatic heterocycles. The van der Waals surface area contributed by atoms with Crippen LogP contribution in [0.5, 0.6) is 0 Å². The van der Waals surface area contributed by atoms with Crippen molar-refractivity contribution in [3.8, 4) is 0 Å². The second kappa shape index (κ2) is 2.53. The fourth-order valence-corrected chi connectivity index (χ4v) is 1.98. The molecule has 0 unspecified atom stereocenters. The van der Waals surface area contributed by atoms with Gasteiger partial charge in [0.1, 0.15) is 3.42 Å². The lowest BCUT2D eigenvalue weighted by Gasteiger charge is -2.24. The van der Waals surface area contributed by atoms with Crippen molar-refractivity contribution in [1.29, 1.82) is 0 Å². The summed E-state index contributed by atoms with van der Waals surface area (Å²) in [6, 6.07) is 0. The first-order valence-corrected chi connectivity index (χ1v) is 4.29. The monoisotopic (exact) mass is 264 g/mol. The Balaban J connectivity index is 2.67. The van der Waals surface area contributed by atoms with Gasteiger partial charge in [-0.25, -0.2) is 0 Å². The number of hydrogen-bond donors (Lipinski definition) is 0. The molecule has 0 aromatic heterocycles. The minimum absolute atomic E-state index is 0.303. The lowest BCUT2D eigenvalue weighted by atomic mass is 10.1. The minimum atomic E-state index is -4.00. The molecule has 0 bridgehead atoms. The fourth-order valence-electron chi connectivity index (χ4n) is 1.22. The zero-order valence-electron chi connectivity index (χ0n) is 5.34. The second-order valence-corrected chi connectivity index (χ2v) is 4.74. The van der Waals surface area contributed by atoms with Crippen molar-refractivity contribution in [2.75, 3.05) is 0 Å². The topological polar surface area (TPSA) is 0 Å². The third-order valence-corrected chi connectivity index (χ3v) is 3.59. The molecule has 0 amide bonds. The van der Waals surface area contributed by atoms with Gasteiger partial charge in [0.2, 0.25) is 0 Å². The average Bonchev–Trinajstić information content (AvgIpc) is 2.13. The summed E-state index contributed by atoms with van der Waals surface area (Å²) in [5, 5.41) is 0. The smallest absolute Gasteiger partial charge is 0.170 e. The molecule has 1 rings (SSSR count). The Labute approximate surface area is 71.3 Å². The summed E-state index contributed by atoms with van der Waals surface area (Å²) in [6.45, 7) is 0. The summed E-state index contributed by atoms with van der Waals surface area (Å²) >= 11 is 1.55. The van der Waals surface area contributed by atoms with Crippen molar-refractivity contribution < 1.29 is 13.2 Å². The van der Waals surface area contributed by atoms with E-state index in [0.717, 1.165) is 12.8 Å². The van der Waals surface area contributed by atoms with Crippen LogP contribution in [0, 0.1) is 0 Å². The maximum Gasteiger partial charge on any atom is 0.403 e. The van der Waals surface area contributed by atoms with Crippen molar-refractivity contribution in [2.45, 2.75) is 35.3 Å². The number of halogens is 4. The molecule has 0 N–H and O–H groups in total. The molecule has 60 valence electrons. The van der Waals surface area contributed by atoms with Gasteiger partial charge in [-0.05, 0) is 12.8 Å². The molecule has 0 atom stereocenters. The van der Waals surface area contributed by atoms with Crippen LogP contribution in [0.2, 0.25) is 0 Å². The summed E-state index contributed by atoms with van der Waals surface area (Å²) in [5.74, 6) is 0. The van der Waals surface area contributed by atoms with Crippen molar-refractivity contribution in [3.05, 3.63) is 0 Å². The normalized spacial score (nSPS) is 25.2. The Morgan fingerprint density at radius 3 is 1.70 bits per heavy atom. The van der Waals surface area contributed by atoms with Gasteiger partial charge in [0.15, 0.2) is 0 Å². The Bertz CT molecular complexity index is 123. The molecule has 1 aliphatic rings. The van der Waals surface area contributed by atoms with E-state index in [2.05, 4.69) is 0 Å². The van der Waals surface area contributed by atoms with Crippen LogP contribution in [0.1, 0.15) is 25.7 Å². The molecule has 0 nitrogen and oxygen atoms in total. The summed E-state index contributed by atoms with van der Waals surface area (Å²) < 4.78 is 35.0. The molecule has 4 heteroatoms. The second-order valence-electron chi connectivity index (χ2n) is 2.67. The number of rotatable bonds is 0. The van der Waals surface area contributed by atoms with E-state index in [1.54, 1.807) is 22.6 Å². The van der Waals surface area contributed by atoms with E-state index in [9.17, 15) is 13.2 Å². The average molecular weight is 264 g/mol. The molecule has 1 saturated carbocycles. The Morgan fingerprint density at radius 2 is 1.50 bits per heavy atom. The summed E-state index contributed by atoms with van der Waals surface area (Å²) in [6.07, 6.45) is -1.94. The first-order chi connectivity index (χ1) is 4.46. The van der Waals surface area contributed by atoms with Crippen LogP contribution in [0.3, 0.4) is 0 Å². The van der Waals surface area contributed by atoms with Crippen LogP contribution < -0.4 is 0 Å². The van der Waals surface area contributed by atoms with Gasteiger partial charge in [0.25, 0.3) is 0 Å². The van der Waals surface area contributed by atoms with Crippen LogP contribution in [-0.4, -0.2) is 9.60 Å². The van der Waals surface area contributed by atoms with Crippen molar-refractivity contribution in [2.24, 2.45) is 0 Å². The van der Waals surface area contributed by atoms with Crippen molar-refractivity contribution in [3.63, 3.8) is 0 Å². The van der Waals surface area contributed by atoms with Gasteiger partial charge in [0.05, 0.1) is 0 Å². The van der Waals surface area contributed by atoms with E-state index in [4.69, 9.17) is 0 Å². The Kier molecular flexibility index (Phi) is 2.18. The van der Waals surface area contributed by atoms with Crippen LogP contribution in [0.15, 0.2) is 0 Å². The fraction of sp³-hybridized carbons (Fsp3) is 1.00. The van der Waals surface area contributed by atoms with Gasteiger partial charge < -0.3 is 0 Å². The van der Waals surface area contributed by atoms with Crippen LogP contribution in [-0.2, 0) is 0 Å². The molecule has 0 heterocycles. The predicted octanol–water partition coefficient (Wildman–Crippen LogP) is 3.30. The molecule has 0 saturated heterocycles. The standard InChI is InChI=1S/C6H8F3I/c7-6(8,9)5(10)3-1-2-4-5/h1-4H2. The highest BCUT2D eigenvalue weighted by atomic mass is 127. The maximum absolute atomic E-state index is 12.1. The van der Waals surface area contributed by atoms with Gasteiger partial charge in [-0.2, -0.15) is 13.2 Å². The molecular weight excluding hydrogens is 256 g/mol. The third kappa shape index (κ3) is 1.40. The highest BCUT2D eigenvalue weighted by Gasteiger charge is 2.53.